The van der Waals surface area contributed by atoms with Gasteiger partial charge in [-0.25, -0.2) is 0 Å². The van der Waals surface area contributed by atoms with E-state index in [1.807, 2.05) is 24.3 Å². The molecule has 3 rings (SSSR count). The molecule has 0 aromatic heterocycles. The number of carbonyl (C=O) groups is 2. The molecule has 0 bridgehead atoms. The van der Waals surface area contributed by atoms with Crippen molar-refractivity contribution in [2.24, 2.45) is 0 Å². The number of rotatable bonds is 0. The van der Waals surface area contributed by atoms with Gasteiger partial charge < -0.3 is 0 Å². The Hall–Kier alpha value is -1.70. The third kappa shape index (κ3) is 1.05. The first kappa shape index (κ1) is 8.60. The van der Waals surface area contributed by atoms with Crippen molar-refractivity contribution >= 4 is 17.1 Å². The number of carbonyl (C=O) groups excluding carboxylic acids is 2. The average molecular weight is 198 g/mol. The SMILES string of the molecule is O=C1CCCC2=C1C(=O)c1ccccc12. The summed E-state index contributed by atoms with van der Waals surface area (Å²) in [4.78, 5) is 23.6. The minimum Gasteiger partial charge on any atom is -0.294 e. The van der Waals surface area contributed by atoms with Crippen LogP contribution in [-0.4, -0.2) is 11.6 Å². The Labute approximate surface area is 87.6 Å². The van der Waals surface area contributed by atoms with Crippen LogP contribution in [0.3, 0.4) is 0 Å². The van der Waals surface area contributed by atoms with Gasteiger partial charge in [0.25, 0.3) is 0 Å². The fraction of sp³-hybridized carbons (Fsp3) is 0.231. The second kappa shape index (κ2) is 2.89. The van der Waals surface area contributed by atoms with Crippen LogP contribution in [0.5, 0.6) is 0 Å². The smallest absolute Gasteiger partial charge is 0.197 e. The van der Waals surface area contributed by atoms with Crippen molar-refractivity contribution in [1.82, 2.24) is 0 Å². The fourth-order valence-electron chi connectivity index (χ4n) is 2.46. The van der Waals surface area contributed by atoms with Crippen LogP contribution < -0.4 is 0 Å². The molecular weight excluding hydrogens is 188 g/mol. The predicted octanol–water partition coefficient (Wildman–Crippen LogP) is 2.39. The fourth-order valence-corrected chi connectivity index (χ4v) is 2.46. The lowest BCUT2D eigenvalue weighted by atomic mass is 9.91. The zero-order valence-electron chi connectivity index (χ0n) is 8.25. The zero-order chi connectivity index (χ0) is 10.4. The highest BCUT2D eigenvalue weighted by molar-refractivity contribution is 6.35. The van der Waals surface area contributed by atoms with Gasteiger partial charge in [-0.3, -0.25) is 9.59 Å². The summed E-state index contributed by atoms with van der Waals surface area (Å²) in [6.45, 7) is 0. The van der Waals surface area contributed by atoms with E-state index < -0.39 is 0 Å². The maximum atomic E-state index is 12.0. The van der Waals surface area contributed by atoms with E-state index in [1.54, 1.807) is 0 Å². The molecule has 0 atom stereocenters. The van der Waals surface area contributed by atoms with Gasteiger partial charge in [-0.05, 0) is 24.0 Å². The number of hydrogen-bond acceptors (Lipinski definition) is 2. The van der Waals surface area contributed by atoms with Crippen molar-refractivity contribution in [3.8, 4) is 0 Å². The van der Waals surface area contributed by atoms with Crippen molar-refractivity contribution < 1.29 is 9.59 Å². The lowest BCUT2D eigenvalue weighted by Gasteiger charge is -2.11. The molecule has 2 nitrogen and oxygen atoms in total. The monoisotopic (exact) mass is 198 g/mol. The number of fused-ring (bicyclic) bond motifs is 2. The summed E-state index contributed by atoms with van der Waals surface area (Å²) in [6, 6.07) is 7.51. The third-order valence-corrected chi connectivity index (χ3v) is 3.14. The molecule has 0 spiro atoms. The quantitative estimate of drug-likeness (QED) is 0.600. The van der Waals surface area contributed by atoms with Crippen LogP contribution >= 0.6 is 0 Å². The van der Waals surface area contributed by atoms with Gasteiger partial charge in [0.15, 0.2) is 11.6 Å². The molecule has 0 unspecified atom stereocenters. The third-order valence-electron chi connectivity index (χ3n) is 3.14. The molecule has 0 amide bonds. The Morgan fingerprint density at radius 1 is 0.933 bits per heavy atom. The molecule has 0 N–H and O–H groups in total. The molecule has 0 aliphatic heterocycles. The summed E-state index contributed by atoms with van der Waals surface area (Å²) >= 11 is 0. The number of allylic oxidation sites excluding steroid dienone is 2. The normalized spacial score (nSPS) is 19.2. The van der Waals surface area contributed by atoms with Crippen molar-refractivity contribution in [3.63, 3.8) is 0 Å². The lowest BCUT2D eigenvalue weighted by molar-refractivity contribution is -0.115. The second-order valence-electron chi connectivity index (χ2n) is 4.00. The van der Waals surface area contributed by atoms with Crippen LogP contribution in [0.15, 0.2) is 29.8 Å². The first-order valence-corrected chi connectivity index (χ1v) is 5.19. The van der Waals surface area contributed by atoms with Crippen molar-refractivity contribution in [1.29, 1.82) is 0 Å². The molecule has 15 heavy (non-hydrogen) atoms. The summed E-state index contributed by atoms with van der Waals surface area (Å²) in [7, 11) is 0. The highest BCUT2D eigenvalue weighted by Crippen LogP contribution is 2.39. The first-order valence-electron chi connectivity index (χ1n) is 5.19. The molecule has 1 aromatic carbocycles. The molecule has 1 aromatic rings. The molecule has 0 fully saturated rings. The van der Waals surface area contributed by atoms with Crippen LogP contribution in [0.2, 0.25) is 0 Å². The van der Waals surface area contributed by atoms with Crippen molar-refractivity contribution in [2.75, 3.05) is 0 Å². The Morgan fingerprint density at radius 2 is 1.67 bits per heavy atom. The van der Waals surface area contributed by atoms with E-state index in [1.165, 1.54) is 0 Å². The largest absolute Gasteiger partial charge is 0.294 e. The van der Waals surface area contributed by atoms with Crippen LogP contribution in [0.25, 0.3) is 5.57 Å². The molecule has 0 saturated heterocycles. The van der Waals surface area contributed by atoms with E-state index in [-0.39, 0.29) is 11.6 Å². The summed E-state index contributed by atoms with van der Waals surface area (Å²) in [5.41, 5.74) is 3.12. The lowest BCUT2D eigenvalue weighted by Crippen LogP contribution is -2.13. The zero-order valence-corrected chi connectivity index (χ0v) is 8.25. The van der Waals surface area contributed by atoms with Gasteiger partial charge in [-0.15, -0.1) is 0 Å². The van der Waals surface area contributed by atoms with Gasteiger partial charge in [0.1, 0.15) is 0 Å². The second-order valence-corrected chi connectivity index (χ2v) is 4.00. The Morgan fingerprint density at radius 3 is 2.47 bits per heavy atom. The van der Waals surface area contributed by atoms with Crippen molar-refractivity contribution in [2.45, 2.75) is 19.3 Å². The highest BCUT2D eigenvalue weighted by Gasteiger charge is 2.34. The number of benzene rings is 1. The molecule has 0 saturated carbocycles. The number of Topliss-reactive ketones (excluding diaryl/α,β-unsaturated/α-hetero) is 2. The minimum absolute atomic E-state index is 0.0254. The summed E-state index contributed by atoms with van der Waals surface area (Å²) in [5, 5.41) is 0. The number of ketones is 2. The maximum absolute atomic E-state index is 12.0. The average Bonchev–Trinajstić information content (AvgIpc) is 2.55. The van der Waals surface area contributed by atoms with Crippen LogP contribution in [-0.2, 0) is 4.79 Å². The van der Waals surface area contributed by atoms with Crippen LogP contribution in [0.1, 0.15) is 35.2 Å². The molecule has 2 aliphatic rings. The van der Waals surface area contributed by atoms with Gasteiger partial charge in [-0.1, -0.05) is 24.3 Å². The minimum atomic E-state index is -0.0645. The molecule has 74 valence electrons. The van der Waals surface area contributed by atoms with Crippen LogP contribution in [0, 0.1) is 0 Å². The standard InChI is InChI=1S/C13H10O2/c14-11-7-3-6-9-8-4-1-2-5-10(8)13(15)12(9)11/h1-2,4-5H,3,6-7H2. The maximum Gasteiger partial charge on any atom is 0.197 e. The predicted molar refractivity (Wildman–Crippen MR) is 56.6 cm³/mol. The van der Waals surface area contributed by atoms with Gasteiger partial charge in [0.2, 0.25) is 0 Å². The van der Waals surface area contributed by atoms with E-state index in [9.17, 15) is 9.59 Å². The van der Waals surface area contributed by atoms with E-state index in [4.69, 9.17) is 0 Å². The Balaban J connectivity index is 2.27. The van der Waals surface area contributed by atoms with E-state index in [0.717, 1.165) is 24.0 Å². The topological polar surface area (TPSA) is 34.1 Å². The Bertz CT molecular complexity index is 509. The van der Waals surface area contributed by atoms with Gasteiger partial charge in [0, 0.05) is 12.0 Å². The molecule has 2 heteroatoms. The van der Waals surface area contributed by atoms with Gasteiger partial charge in [0.05, 0.1) is 5.57 Å². The molecule has 0 heterocycles. The van der Waals surface area contributed by atoms with E-state index in [2.05, 4.69) is 0 Å². The summed E-state index contributed by atoms with van der Waals surface area (Å²) < 4.78 is 0. The van der Waals surface area contributed by atoms with E-state index in [0.29, 0.717) is 17.6 Å². The van der Waals surface area contributed by atoms with Gasteiger partial charge >= 0.3 is 0 Å². The highest BCUT2D eigenvalue weighted by atomic mass is 16.1. The van der Waals surface area contributed by atoms with Crippen molar-refractivity contribution in [3.05, 3.63) is 41.0 Å². The van der Waals surface area contributed by atoms with E-state index >= 15 is 0 Å². The molecular formula is C13H10O2. The summed E-state index contributed by atoms with van der Waals surface area (Å²) in [5.74, 6) is -0.0391. The van der Waals surface area contributed by atoms with Gasteiger partial charge in [-0.2, -0.15) is 0 Å². The number of hydrogen-bond donors (Lipinski definition) is 0. The van der Waals surface area contributed by atoms with Crippen LogP contribution in [0.4, 0.5) is 0 Å². The summed E-state index contributed by atoms with van der Waals surface area (Å²) in [6.07, 6.45) is 2.27. The first-order chi connectivity index (χ1) is 7.29. The Kier molecular flexibility index (Phi) is 1.66. The molecule has 2 aliphatic carbocycles. The molecule has 0 radical (unpaired) electrons.